The molecule has 0 aliphatic carbocycles. The summed E-state index contributed by atoms with van der Waals surface area (Å²) in [4.78, 5) is 5.22. The molecule has 104 valence electrons. The molecular formula is C11H15N3O3S2. The number of sulfone groups is 1. The summed E-state index contributed by atoms with van der Waals surface area (Å²) in [6.45, 7) is 5.40. The second-order valence-electron chi connectivity index (χ2n) is 4.45. The Morgan fingerprint density at radius 1 is 1.37 bits per heavy atom. The van der Waals surface area contributed by atoms with Gasteiger partial charge in [0.05, 0.1) is 10.6 Å². The predicted octanol–water partition coefficient (Wildman–Crippen LogP) is 2.10. The Balaban J connectivity index is 2.47. The van der Waals surface area contributed by atoms with Crippen LogP contribution in [0.15, 0.2) is 4.52 Å². The molecular weight excluding hydrogens is 286 g/mol. The lowest BCUT2D eigenvalue weighted by molar-refractivity contribution is 0.422. The third-order valence-electron chi connectivity index (χ3n) is 3.07. The largest absolute Gasteiger partial charge is 0.390 e. The van der Waals surface area contributed by atoms with Gasteiger partial charge in [-0.05, 0) is 26.3 Å². The lowest BCUT2D eigenvalue weighted by Crippen LogP contribution is -2.09. The van der Waals surface area contributed by atoms with Gasteiger partial charge in [0.1, 0.15) is 5.25 Å². The molecule has 0 spiro atoms. The van der Waals surface area contributed by atoms with E-state index in [0.29, 0.717) is 10.6 Å². The molecule has 6 nitrogen and oxygen atoms in total. The van der Waals surface area contributed by atoms with Gasteiger partial charge in [0.25, 0.3) is 5.89 Å². The molecule has 0 amide bonds. The van der Waals surface area contributed by atoms with Crippen molar-refractivity contribution in [2.45, 2.75) is 26.0 Å². The van der Waals surface area contributed by atoms with Crippen LogP contribution in [0.4, 0.5) is 5.00 Å². The first kappa shape index (κ1) is 14.0. The van der Waals surface area contributed by atoms with E-state index in [4.69, 9.17) is 10.3 Å². The minimum Gasteiger partial charge on any atom is -0.390 e. The average molecular weight is 301 g/mol. The van der Waals surface area contributed by atoms with Crippen molar-refractivity contribution in [2.24, 2.45) is 0 Å². The van der Waals surface area contributed by atoms with Gasteiger partial charge in [0.2, 0.25) is 0 Å². The fourth-order valence-corrected chi connectivity index (χ4v) is 3.02. The highest BCUT2D eigenvalue weighted by atomic mass is 32.2. The first-order chi connectivity index (χ1) is 8.71. The van der Waals surface area contributed by atoms with Crippen LogP contribution in [0.25, 0.3) is 11.5 Å². The van der Waals surface area contributed by atoms with E-state index in [1.54, 1.807) is 0 Å². The van der Waals surface area contributed by atoms with E-state index in [1.165, 1.54) is 18.3 Å². The van der Waals surface area contributed by atoms with Crippen LogP contribution in [0, 0.1) is 13.8 Å². The standard InChI is InChI=1S/C11H15N3O3S2/c1-5-6(2)18-9(12)8(5)11-13-10(14-17-11)7(3)19(4,15)16/h7H,12H2,1-4H3. The van der Waals surface area contributed by atoms with Crippen molar-refractivity contribution in [1.29, 1.82) is 0 Å². The smallest absolute Gasteiger partial charge is 0.261 e. The molecule has 2 aromatic rings. The maximum atomic E-state index is 11.5. The molecule has 0 radical (unpaired) electrons. The van der Waals surface area contributed by atoms with Crippen LogP contribution < -0.4 is 5.73 Å². The molecule has 0 saturated carbocycles. The van der Waals surface area contributed by atoms with E-state index in [2.05, 4.69) is 10.1 Å². The number of nitrogens with zero attached hydrogens (tertiary/aromatic N) is 2. The molecule has 8 heteroatoms. The van der Waals surface area contributed by atoms with Crippen LogP contribution in [0.2, 0.25) is 0 Å². The normalized spacial score (nSPS) is 13.7. The van der Waals surface area contributed by atoms with Crippen molar-refractivity contribution >= 4 is 26.2 Å². The Morgan fingerprint density at radius 2 is 2.00 bits per heavy atom. The van der Waals surface area contributed by atoms with E-state index >= 15 is 0 Å². The zero-order valence-corrected chi connectivity index (χ0v) is 12.7. The molecule has 0 aliphatic heterocycles. The van der Waals surface area contributed by atoms with E-state index < -0.39 is 15.1 Å². The molecule has 2 heterocycles. The molecule has 2 rings (SSSR count). The van der Waals surface area contributed by atoms with Gasteiger partial charge in [0, 0.05) is 11.1 Å². The lowest BCUT2D eigenvalue weighted by atomic mass is 10.1. The minimum atomic E-state index is -3.25. The molecule has 2 aromatic heterocycles. The van der Waals surface area contributed by atoms with E-state index in [1.807, 2.05) is 13.8 Å². The Hall–Kier alpha value is -1.41. The Labute approximate surface area is 115 Å². The number of nitrogens with two attached hydrogens (primary N) is 1. The van der Waals surface area contributed by atoms with Crippen LogP contribution in [-0.2, 0) is 9.84 Å². The fourth-order valence-electron chi connectivity index (χ4n) is 1.61. The first-order valence-electron chi connectivity index (χ1n) is 5.60. The molecule has 19 heavy (non-hydrogen) atoms. The van der Waals surface area contributed by atoms with Gasteiger partial charge in [0.15, 0.2) is 15.7 Å². The van der Waals surface area contributed by atoms with Gasteiger partial charge in [-0.1, -0.05) is 5.16 Å². The number of rotatable bonds is 3. The monoisotopic (exact) mass is 301 g/mol. The summed E-state index contributed by atoms with van der Waals surface area (Å²) in [5.74, 6) is 0.421. The van der Waals surface area contributed by atoms with Crippen LogP contribution in [0.5, 0.6) is 0 Å². The maximum absolute atomic E-state index is 11.5. The van der Waals surface area contributed by atoms with Crippen LogP contribution in [-0.4, -0.2) is 24.8 Å². The van der Waals surface area contributed by atoms with Gasteiger partial charge in [-0.2, -0.15) is 4.98 Å². The van der Waals surface area contributed by atoms with Gasteiger partial charge < -0.3 is 10.3 Å². The van der Waals surface area contributed by atoms with E-state index in [9.17, 15) is 8.42 Å². The number of thiophene rings is 1. The Kier molecular flexibility index (Phi) is 3.40. The molecule has 0 aliphatic rings. The summed E-state index contributed by atoms with van der Waals surface area (Å²) < 4.78 is 28.1. The van der Waals surface area contributed by atoms with E-state index in [-0.39, 0.29) is 11.7 Å². The van der Waals surface area contributed by atoms with Crippen LogP contribution in [0.1, 0.15) is 28.4 Å². The summed E-state index contributed by atoms with van der Waals surface area (Å²) >= 11 is 1.45. The predicted molar refractivity (Wildman–Crippen MR) is 74.8 cm³/mol. The second kappa shape index (κ2) is 4.61. The van der Waals surface area contributed by atoms with Crippen LogP contribution >= 0.6 is 11.3 Å². The topological polar surface area (TPSA) is 99.1 Å². The van der Waals surface area contributed by atoms with Crippen molar-refractivity contribution in [3.05, 3.63) is 16.3 Å². The zero-order chi connectivity index (χ0) is 14.4. The van der Waals surface area contributed by atoms with Crippen molar-refractivity contribution in [1.82, 2.24) is 10.1 Å². The highest BCUT2D eigenvalue weighted by molar-refractivity contribution is 7.90. The molecule has 1 atom stereocenters. The highest BCUT2D eigenvalue weighted by Crippen LogP contribution is 2.37. The van der Waals surface area contributed by atoms with Crippen LogP contribution in [0.3, 0.4) is 0 Å². The number of aromatic nitrogens is 2. The Bertz CT molecular complexity index is 716. The fraction of sp³-hybridized carbons (Fsp3) is 0.455. The van der Waals surface area contributed by atoms with Crippen molar-refractivity contribution in [3.8, 4) is 11.5 Å². The number of hydrogen-bond donors (Lipinski definition) is 1. The third-order valence-corrected chi connectivity index (χ3v) is 5.61. The van der Waals surface area contributed by atoms with Gasteiger partial charge >= 0.3 is 0 Å². The minimum absolute atomic E-state index is 0.153. The number of anilines is 1. The molecule has 0 fully saturated rings. The molecule has 0 saturated heterocycles. The SMILES string of the molecule is Cc1sc(N)c(-c2nc(C(C)S(C)(=O)=O)no2)c1C. The molecule has 1 unspecified atom stereocenters. The second-order valence-corrected chi connectivity index (χ2v) is 8.07. The Morgan fingerprint density at radius 3 is 2.47 bits per heavy atom. The molecule has 2 N–H and O–H groups in total. The third kappa shape index (κ3) is 2.50. The number of hydrogen-bond acceptors (Lipinski definition) is 7. The lowest BCUT2D eigenvalue weighted by Gasteiger charge is -2.01. The summed E-state index contributed by atoms with van der Waals surface area (Å²) in [5, 5.41) is 3.53. The van der Waals surface area contributed by atoms with Crippen molar-refractivity contribution in [2.75, 3.05) is 12.0 Å². The summed E-state index contributed by atoms with van der Waals surface area (Å²) in [6.07, 6.45) is 1.14. The van der Waals surface area contributed by atoms with Gasteiger partial charge in [-0.25, -0.2) is 8.42 Å². The van der Waals surface area contributed by atoms with Gasteiger partial charge in [-0.3, -0.25) is 0 Å². The number of aryl methyl sites for hydroxylation is 1. The van der Waals surface area contributed by atoms with Gasteiger partial charge in [-0.15, -0.1) is 11.3 Å². The quantitative estimate of drug-likeness (QED) is 0.932. The highest BCUT2D eigenvalue weighted by Gasteiger charge is 2.25. The average Bonchev–Trinajstić information content (AvgIpc) is 2.83. The maximum Gasteiger partial charge on any atom is 0.261 e. The van der Waals surface area contributed by atoms with E-state index in [0.717, 1.165) is 16.7 Å². The van der Waals surface area contributed by atoms with Crippen molar-refractivity contribution < 1.29 is 12.9 Å². The summed E-state index contributed by atoms with van der Waals surface area (Å²) in [5.41, 5.74) is 7.59. The first-order valence-corrected chi connectivity index (χ1v) is 8.37. The number of nitrogen functional groups attached to an aromatic ring is 1. The molecule has 0 aromatic carbocycles. The summed E-state index contributed by atoms with van der Waals surface area (Å²) in [6, 6.07) is 0. The zero-order valence-electron chi connectivity index (χ0n) is 11.1. The summed E-state index contributed by atoms with van der Waals surface area (Å²) in [7, 11) is -3.25. The van der Waals surface area contributed by atoms with Crippen molar-refractivity contribution in [3.63, 3.8) is 0 Å². The molecule has 0 bridgehead atoms.